The molecule has 122 valence electrons. The number of nitrogens with zero attached hydrogens (tertiary/aromatic N) is 3. The monoisotopic (exact) mass is 327 g/mol. The van der Waals surface area contributed by atoms with Crippen molar-refractivity contribution < 1.29 is 4.79 Å². The Balaban J connectivity index is 1.91. The fourth-order valence-corrected chi connectivity index (χ4v) is 2.52. The highest BCUT2D eigenvalue weighted by molar-refractivity contribution is 6.07. The van der Waals surface area contributed by atoms with E-state index < -0.39 is 0 Å². The van der Waals surface area contributed by atoms with Crippen LogP contribution in [0.1, 0.15) is 22.3 Å². The quantitative estimate of drug-likeness (QED) is 0.499. The molecule has 0 saturated carbocycles. The predicted molar refractivity (Wildman–Crippen MR) is 97.7 cm³/mol. The average Bonchev–Trinajstić information content (AvgIpc) is 3.09. The fraction of sp³-hybridized carbons (Fsp3) is 0.0952. The largest absolute Gasteiger partial charge is 0.289 e. The third-order valence-corrected chi connectivity index (χ3v) is 3.76. The van der Waals surface area contributed by atoms with E-state index in [9.17, 15) is 4.79 Å². The van der Waals surface area contributed by atoms with Crippen molar-refractivity contribution in [1.29, 1.82) is 5.26 Å². The van der Waals surface area contributed by atoms with Crippen molar-refractivity contribution in [2.24, 2.45) is 0 Å². The zero-order valence-electron chi connectivity index (χ0n) is 13.7. The molecule has 0 aliphatic rings. The molecule has 0 bridgehead atoms. The zero-order chi connectivity index (χ0) is 17.5. The van der Waals surface area contributed by atoms with Gasteiger partial charge in [-0.05, 0) is 12.2 Å². The lowest BCUT2D eigenvalue weighted by molar-refractivity contribution is 0.104. The van der Waals surface area contributed by atoms with Crippen LogP contribution in [-0.2, 0) is 6.54 Å². The van der Waals surface area contributed by atoms with Crippen LogP contribution in [0.5, 0.6) is 0 Å². The molecule has 2 aromatic carbocycles. The van der Waals surface area contributed by atoms with Gasteiger partial charge in [-0.15, -0.1) is 0 Å². The summed E-state index contributed by atoms with van der Waals surface area (Å²) >= 11 is 0. The molecule has 0 aliphatic carbocycles. The van der Waals surface area contributed by atoms with Gasteiger partial charge in [-0.1, -0.05) is 60.7 Å². The Kier molecular flexibility index (Phi) is 5.18. The number of hydrogen-bond acceptors (Lipinski definition) is 3. The summed E-state index contributed by atoms with van der Waals surface area (Å²) in [5.74, 6) is -0.0515. The van der Waals surface area contributed by atoms with E-state index in [2.05, 4.69) is 11.2 Å². The number of ketones is 1. The predicted octanol–water partition coefficient (Wildman–Crippen LogP) is 4.36. The average molecular weight is 327 g/mol. The molecular formula is C21H17N3O. The normalized spacial score (nSPS) is 10.7. The number of allylic oxidation sites excluding steroid dienone is 1. The molecule has 0 radical (unpaired) electrons. The number of benzene rings is 2. The molecule has 0 fully saturated rings. The van der Waals surface area contributed by atoms with Crippen LogP contribution in [0.25, 0.3) is 17.3 Å². The van der Waals surface area contributed by atoms with Gasteiger partial charge in [0, 0.05) is 22.9 Å². The highest BCUT2D eigenvalue weighted by atomic mass is 16.1. The second kappa shape index (κ2) is 7.89. The minimum absolute atomic E-state index is 0.0515. The van der Waals surface area contributed by atoms with Crippen LogP contribution in [0.2, 0.25) is 0 Å². The van der Waals surface area contributed by atoms with Crippen molar-refractivity contribution in [2.45, 2.75) is 13.0 Å². The van der Waals surface area contributed by atoms with Crippen LogP contribution in [0.15, 0.2) is 72.9 Å². The van der Waals surface area contributed by atoms with Crippen molar-refractivity contribution in [1.82, 2.24) is 9.78 Å². The summed E-state index contributed by atoms with van der Waals surface area (Å²) in [5, 5.41) is 13.3. The summed E-state index contributed by atoms with van der Waals surface area (Å²) in [5.41, 5.74) is 3.28. The Morgan fingerprint density at radius 2 is 1.76 bits per heavy atom. The molecule has 3 rings (SSSR count). The maximum absolute atomic E-state index is 12.3. The van der Waals surface area contributed by atoms with Gasteiger partial charge in [0.25, 0.3) is 0 Å². The molecule has 0 saturated heterocycles. The zero-order valence-corrected chi connectivity index (χ0v) is 13.7. The number of nitriles is 1. The number of rotatable bonds is 6. The summed E-state index contributed by atoms with van der Waals surface area (Å²) < 4.78 is 1.75. The molecule has 0 atom stereocenters. The Bertz CT molecular complexity index is 919. The Morgan fingerprint density at radius 3 is 2.44 bits per heavy atom. The van der Waals surface area contributed by atoms with E-state index in [-0.39, 0.29) is 5.78 Å². The maximum Gasteiger partial charge on any atom is 0.185 e. The standard InChI is InChI=1S/C21H17N3O/c22-14-7-15-24-16-19(21(23-24)18-10-5-2-6-11-18)12-13-20(25)17-8-3-1-4-9-17/h1-6,8-13,16H,7,15H2/b13-12+. The number of carbonyl (C=O) groups excluding carboxylic acids is 1. The molecule has 4 nitrogen and oxygen atoms in total. The van der Waals surface area contributed by atoms with Crippen molar-refractivity contribution in [3.63, 3.8) is 0 Å². The van der Waals surface area contributed by atoms with Gasteiger partial charge in [0.05, 0.1) is 24.7 Å². The third-order valence-electron chi connectivity index (χ3n) is 3.76. The Labute approximate surface area is 146 Å². The number of hydrogen-bond donors (Lipinski definition) is 0. The minimum Gasteiger partial charge on any atom is -0.289 e. The molecular weight excluding hydrogens is 310 g/mol. The van der Waals surface area contributed by atoms with Crippen molar-refractivity contribution in [3.8, 4) is 17.3 Å². The Morgan fingerprint density at radius 1 is 1.08 bits per heavy atom. The van der Waals surface area contributed by atoms with E-state index in [4.69, 9.17) is 5.26 Å². The molecule has 1 heterocycles. The second-order valence-electron chi connectivity index (χ2n) is 5.53. The van der Waals surface area contributed by atoms with Gasteiger partial charge in [0.2, 0.25) is 0 Å². The molecule has 3 aromatic rings. The molecule has 0 spiro atoms. The van der Waals surface area contributed by atoms with E-state index in [1.54, 1.807) is 29.0 Å². The Hall–Kier alpha value is -3.45. The van der Waals surface area contributed by atoms with Crippen LogP contribution >= 0.6 is 0 Å². The SMILES string of the molecule is N#CCCn1cc(/C=C/C(=O)c2ccccc2)c(-c2ccccc2)n1. The van der Waals surface area contributed by atoms with Gasteiger partial charge in [0.1, 0.15) is 0 Å². The molecule has 0 N–H and O–H groups in total. The van der Waals surface area contributed by atoms with Crippen LogP contribution < -0.4 is 0 Å². The molecule has 4 heteroatoms. The summed E-state index contributed by atoms with van der Waals surface area (Å²) in [6.07, 6.45) is 5.61. The van der Waals surface area contributed by atoms with E-state index in [0.29, 0.717) is 18.5 Å². The van der Waals surface area contributed by atoms with Gasteiger partial charge >= 0.3 is 0 Å². The van der Waals surface area contributed by atoms with E-state index in [0.717, 1.165) is 16.8 Å². The van der Waals surface area contributed by atoms with Crippen molar-refractivity contribution >= 4 is 11.9 Å². The third kappa shape index (κ3) is 4.10. The number of carbonyl (C=O) groups is 1. The molecule has 25 heavy (non-hydrogen) atoms. The van der Waals surface area contributed by atoms with Gasteiger partial charge < -0.3 is 0 Å². The van der Waals surface area contributed by atoms with Gasteiger partial charge in [-0.2, -0.15) is 10.4 Å². The summed E-state index contributed by atoms with van der Waals surface area (Å²) in [4.78, 5) is 12.3. The first kappa shape index (κ1) is 16.4. The maximum atomic E-state index is 12.3. The molecule has 0 unspecified atom stereocenters. The summed E-state index contributed by atoms with van der Waals surface area (Å²) in [7, 11) is 0. The van der Waals surface area contributed by atoms with E-state index >= 15 is 0 Å². The first-order valence-electron chi connectivity index (χ1n) is 8.05. The highest BCUT2D eigenvalue weighted by Gasteiger charge is 2.10. The van der Waals surface area contributed by atoms with E-state index in [1.807, 2.05) is 54.7 Å². The van der Waals surface area contributed by atoms with Crippen LogP contribution in [0.3, 0.4) is 0 Å². The molecule has 0 amide bonds. The van der Waals surface area contributed by atoms with Gasteiger partial charge in [-0.3, -0.25) is 9.48 Å². The number of aromatic nitrogens is 2. The molecule has 0 aliphatic heterocycles. The van der Waals surface area contributed by atoms with Crippen molar-refractivity contribution in [3.05, 3.63) is 84.1 Å². The highest BCUT2D eigenvalue weighted by Crippen LogP contribution is 2.23. The number of aryl methyl sites for hydroxylation is 1. The topological polar surface area (TPSA) is 58.7 Å². The lowest BCUT2D eigenvalue weighted by Crippen LogP contribution is -1.97. The first-order valence-corrected chi connectivity index (χ1v) is 8.05. The summed E-state index contributed by atoms with van der Waals surface area (Å²) in [6, 6.07) is 21.1. The first-order chi connectivity index (χ1) is 12.3. The minimum atomic E-state index is -0.0515. The van der Waals surface area contributed by atoms with E-state index in [1.165, 1.54) is 0 Å². The smallest absolute Gasteiger partial charge is 0.185 e. The molecule has 1 aromatic heterocycles. The van der Waals surface area contributed by atoms with Crippen molar-refractivity contribution in [2.75, 3.05) is 0 Å². The fourth-order valence-electron chi connectivity index (χ4n) is 2.52. The van der Waals surface area contributed by atoms with Crippen LogP contribution in [-0.4, -0.2) is 15.6 Å². The van der Waals surface area contributed by atoms with Crippen LogP contribution in [0, 0.1) is 11.3 Å². The van der Waals surface area contributed by atoms with Gasteiger partial charge in [0.15, 0.2) is 5.78 Å². The van der Waals surface area contributed by atoms with Gasteiger partial charge in [-0.25, -0.2) is 0 Å². The second-order valence-corrected chi connectivity index (χ2v) is 5.53. The summed E-state index contributed by atoms with van der Waals surface area (Å²) in [6.45, 7) is 0.525. The lowest BCUT2D eigenvalue weighted by atomic mass is 10.1. The lowest BCUT2D eigenvalue weighted by Gasteiger charge is -1.98. The van der Waals surface area contributed by atoms with Crippen LogP contribution in [0.4, 0.5) is 0 Å².